The fraction of sp³-hybridized carbons (Fsp3) is 0.286. The molecule has 1 aromatic rings. The van der Waals surface area contributed by atoms with Gasteiger partial charge in [0.25, 0.3) is 0 Å². The molecule has 0 saturated carbocycles. The minimum Gasteiger partial charge on any atom is -0.475 e. The van der Waals surface area contributed by atoms with Crippen LogP contribution in [0.2, 0.25) is 5.02 Å². The van der Waals surface area contributed by atoms with Crippen molar-refractivity contribution in [3.8, 4) is 5.88 Å². The summed E-state index contributed by atoms with van der Waals surface area (Å²) in [5.41, 5.74) is 5.25. The second-order valence-electron chi connectivity index (χ2n) is 2.08. The fourth-order valence-corrected chi connectivity index (χ4v) is 1.35. The summed E-state index contributed by atoms with van der Waals surface area (Å²) in [7, 11) is 0. The molecule has 0 amide bonds. The zero-order valence-corrected chi connectivity index (χ0v) is 8.60. The van der Waals surface area contributed by atoms with E-state index in [2.05, 4.69) is 20.9 Å². The normalized spacial score (nSPS) is 9.92. The maximum absolute atomic E-state index is 5.81. The van der Waals surface area contributed by atoms with Crippen LogP contribution < -0.4 is 10.5 Å². The number of nitrogens with zero attached hydrogens (tertiary/aromatic N) is 1. The first kappa shape index (κ1) is 9.77. The molecular formula is C7H8BrClN2O. The molecule has 5 heteroatoms. The second-order valence-corrected chi connectivity index (χ2v) is 3.40. The molecule has 0 spiro atoms. The minimum absolute atomic E-state index is 0.422. The van der Waals surface area contributed by atoms with Crippen LogP contribution >= 0.6 is 27.5 Å². The minimum atomic E-state index is 0.422. The van der Waals surface area contributed by atoms with Crippen molar-refractivity contribution < 1.29 is 4.74 Å². The Morgan fingerprint density at radius 1 is 1.67 bits per heavy atom. The SMILES string of the molecule is NCCOc1ncc(Br)cc1Cl. The molecule has 0 aromatic carbocycles. The van der Waals surface area contributed by atoms with Crippen LogP contribution in [0.3, 0.4) is 0 Å². The topological polar surface area (TPSA) is 48.1 Å². The summed E-state index contributed by atoms with van der Waals surface area (Å²) in [5, 5.41) is 0.484. The molecule has 2 N–H and O–H groups in total. The van der Waals surface area contributed by atoms with Gasteiger partial charge in [0.05, 0.1) is 0 Å². The Bertz CT molecular complexity index is 270. The Kier molecular flexibility index (Phi) is 3.78. The van der Waals surface area contributed by atoms with Crippen LogP contribution in [0.15, 0.2) is 16.7 Å². The molecule has 0 aliphatic carbocycles. The molecule has 0 bridgehead atoms. The average Bonchev–Trinajstić information content (AvgIpc) is 2.03. The number of hydrogen-bond acceptors (Lipinski definition) is 3. The molecule has 1 rings (SSSR count). The summed E-state index contributed by atoms with van der Waals surface area (Å²) in [6.07, 6.45) is 1.62. The van der Waals surface area contributed by atoms with E-state index in [0.717, 1.165) is 4.47 Å². The van der Waals surface area contributed by atoms with Crippen molar-refractivity contribution >= 4 is 27.5 Å². The van der Waals surface area contributed by atoms with Crippen LogP contribution in [-0.2, 0) is 0 Å². The number of ether oxygens (including phenoxy) is 1. The molecule has 0 radical (unpaired) electrons. The molecule has 0 aliphatic rings. The summed E-state index contributed by atoms with van der Waals surface area (Å²) < 4.78 is 5.98. The molecule has 0 fully saturated rings. The van der Waals surface area contributed by atoms with E-state index in [1.165, 1.54) is 0 Å². The molecule has 0 saturated heterocycles. The Morgan fingerprint density at radius 2 is 2.42 bits per heavy atom. The van der Waals surface area contributed by atoms with Gasteiger partial charge in [-0.15, -0.1) is 0 Å². The van der Waals surface area contributed by atoms with Gasteiger partial charge in [0.15, 0.2) is 0 Å². The number of aromatic nitrogens is 1. The van der Waals surface area contributed by atoms with Crippen LogP contribution in [0.5, 0.6) is 5.88 Å². The molecule has 66 valence electrons. The van der Waals surface area contributed by atoms with Crippen molar-refractivity contribution in [2.45, 2.75) is 0 Å². The fourth-order valence-electron chi connectivity index (χ4n) is 0.664. The lowest BCUT2D eigenvalue weighted by Crippen LogP contribution is -2.11. The van der Waals surface area contributed by atoms with E-state index in [1.807, 2.05) is 0 Å². The highest BCUT2D eigenvalue weighted by molar-refractivity contribution is 9.10. The van der Waals surface area contributed by atoms with Gasteiger partial charge >= 0.3 is 0 Å². The van der Waals surface area contributed by atoms with Crippen LogP contribution in [0, 0.1) is 0 Å². The predicted molar refractivity (Wildman–Crippen MR) is 51.5 cm³/mol. The quantitative estimate of drug-likeness (QED) is 0.892. The third kappa shape index (κ3) is 2.62. The first-order chi connectivity index (χ1) is 5.74. The van der Waals surface area contributed by atoms with E-state index in [-0.39, 0.29) is 0 Å². The van der Waals surface area contributed by atoms with Gasteiger partial charge in [0, 0.05) is 17.2 Å². The lowest BCUT2D eigenvalue weighted by atomic mass is 10.5. The summed E-state index contributed by atoms with van der Waals surface area (Å²) in [6.45, 7) is 0.877. The predicted octanol–water partition coefficient (Wildman–Crippen LogP) is 1.83. The zero-order chi connectivity index (χ0) is 8.97. The molecule has 1 aromatic heterocycles. The van der Waals surface area contributed by atoms with Gasteiger partial charge in [0.1, 0.15) is 11.6 Å². The van der Waals surface area contributed by atoms with Gasteiger partial charge in [-0.05, 0) is 22.0 Å². The van der Waals surface area contributed by atoms with Gasteiger partial charge < -0.3 is 10.5 Å². The largest absolute Gasteiger partial charge is 0.475 e. The maximum atomic E-state index is 5.81. The van der Waals surface area contributed by atoms with E-state index < -0.39 is 0 Å². The van der Waals surface area contributed by atoms with Crippen LogP contribution in [0.4, 0.5) is 0 Å². The summed E-state index contributed by atoms with van der Waals surface area (Å²) >= 11 is 9.04. The highest BCUT2D eigenvalue weighted by Crippen LogP contribution is 2.24. The molecule has 12 heavy (non-hydrogen) atoms. The highest BCUT2D eigenvalue weighted by Gasteiger charge is 2.02. The van der Waals surface area contributed by atoms with Gasteiger partial charge in [-0.1, -0.05) is 11.6 Å². The monoisotopic (exact) mass is 250 g/mol. The summed E-state index contributed by atoms with van der Waals surface area (Å²) in [6, 6.07) is 1.72. The lowest BCUT2D eigenvalue weighted by Gasteiger charge is -2.04. The first-order valence-electron chi connectivity index (χ1n) is 3.38. The van der Waals surface area contributed by atoms with Gasteiger partial charge in [-0.25, -0.2) is 4.98 Å². The van der Waals surface area contributed by atoms with E-state index >= 15 is 0 Å². The second kappa shape index (κ2) is 4.64. The Morgan fingerprint density at radius 3 is 3.00 bits per heavy atom. The van der Waals surface area contributed by atoms with Crippen molar-refractivity contribution in [1.82, 2.24) is 4.98 Å². The number of halogens is 2. The standard InChI is InChI=1S/C7H8BrClN2O/c8-5-3-6(9)7(11-4-5)12-2-1-10/h3-4H,1-2,10H2. The molecule has 1 heterocycles. The van der Waals surface area contributed by atoms with Crippen LogP contribution in [0.1, 0.15) is 0 Å². The Hall–Kier alpha value is -0.320. The number of pyridine rings is 1. The molecule has 0 unspecified atom stereocenters. The maximum Gasteiger partial charge on any atom is 0.232 e. The van der Waals surface area contributed by atoms with Crippen molar-refractivity contribution in [3.63, 3.8) is 0 Å². The third-order valence-corrected chi connectivity index (χ3v) is 1.84. The van der Waals surface area contributed by atoms with E-state index in [9.17, 15) is 0 Å². The third-order valence-electron chi connectivity index (χ3n) is 1.13. The van der Waals surface area contributed by atoms with E-state index in [0.29, 0.717) is 24.1 Å². The van der Waals surface area contributed by atoms with Gasteiger partial charge in [-0.3, -0.25) is 0 Å². The van der Waals surface area contributed by atoms with Crippen molar-refractivity contribution in [2.24, 2.45) is 5.73 Å². The van der Waals surface area contributed by atoms with Crippen molar-refractivity contribution in [1.29, 1.82) is 0 Å². The highest BCUT2D eigenvalue weighted by atomic mass is 79.9. The molecule has 0 atom stereocenters. The lowest BCUT2D eigenvalue weighted by molar-refractivity contribution is 0.316. The summed E-state index contributed by atoms with van der Waals surface area (Å²) in [5.74, 6) is 0.422. The first-order valence-corrected chi connectivity index (χ1v) is 4.55. The van der Waals surface area contributed by atoms with E-state index in [4.69, 9.17) is 22.1 Å². The Labute approximate surface area is 84.0 Å². The number of hydrogen-bond donors (Lipinski definition) is 1. The van der Waals surface area contributed by atoms with Crippen LogP contribution in [0.25, 0.3) is 0 Å². The average molecular weight is 252 g/mol. The number of rotatable bonds is 3. The number of nitrogens with two attached hydrogens (primary N) is 1. The Balaban J connectivity index is 2.72. The van der Waals surface area contributed by atoms with Gasteiger partial charge in [-0.2, -0.15) is 0 Å². The molecular weight excluding hydrogens is 243 g/mol. The molecule has 3 nitrogen and oxygen atoms in total. The van der Waals surface area contributed by atoms with Crippen LogP contribution in [-0.4, -0.2) is 18.1 Å². The van der Waals surface area contributed by atoms with Gasteiger partial charge in [0.2, 0.25) is 5.88 Å². The van der Waals surface area contributed by atoms with E-state index in [1.54, 1.807) is 12.3 Å². The molecule has 0 aliphatic heterocycles. The van der Waals surface area contributed by atoms with Crippen molar-refractivity contribution in [3.05, 3.63) is 21.8 Å². The smallest absolute Gasteiger partial charge is 0.232 e. The van der Waals surface area contributed by atoms with Crippen molar-refractivity contribution in [2.75, 3.05) is 13.2 Å². The zero-order valence-electron chi connectivity index (χ0n) is 6.26. The summed E-state index contributed by atoms with van der Waals surface area (Å²) in [4.78, 5) is 3.96.